The molecule has 2 heterocycles. The number of aromatic nitrogens is 4. The minimum atomic E-state index is 0.152. The Kier molecular flexibility index (Phi) is 11.2. The molecule has 0 aliphatic rings. The standard InChI is InChI=1S/2C12H14N2O.2C2H6/c2*1-4-11(15)9-6-5-7-10-12(9)13-8(2)14(10)3;2*1-2/h5-7H,4H2,1-3H3;4-7,15H,1-3H3;2*1-2H3/b;11-4-;;. The van der Waals surface area contributed by atoms with Crippen LogP contribution in [0.2, 0.25) is 0 Å². The van der Waals surface area contributed by atoms with E-state index in [4.69, 9.17) is 0 Å². The van der Waals surface area contributed by atoms with Crippen LogP contribution in [0.15, 0.2) is 42.5 Å². The van der Waals surface area contributed by atoms with Crippen LogP contribution in [-0.2, 0) is 14.1 Å². The number of nitrogens with zero attached hydrogens (tertiary/aromatic N) is 4. The van der Waals surface area contributed by atoms with Gasteiger partial charge in [-0.2, -0.15) is 0 Å². The van der Waals surface area contributed by atoms with E-state index in [-0.39, 0.29) is 11.5 Å². The van der Waals surface area contributed by atoms with Gasteiger partial charge in [-0.25, -0.2) is 9.97 Å². The van der Waals surface area contributed by atoms with E-state index in [2.05, 4.69) is 9.97 Å². The van der Waals surface area contributed by atoms with Crippen molar-refractivity contribution in [3.63, 3.8) is 0 Å². The fourth-order valence-corrected chi connectivity index (χ4v) is 3.44. The molecule has 0 saturated heterocycles. The molecule has 2 aromatic heterocycles. The van der Waals surface area contributed by atoms with Crippen molar-refractivity contribution < 1.29 is 9.90 Å². The van der Waals surface area contributed by atoms with Crippen molar-refractivity contribution in [3.05, 3.63) is 65.2 Å². The number of hydrogen-bond donors (Lipinski definition) is 1. The third-order valence-corrected chi connectivity index (χ3v) is 5.44. The van der Waals surface area contributed by atoms with Crippen LogP contribution < -0.4 is 0 Å². The maximum absolute atomic E-state index is 11.7. The Balaban J connectivity index is 0.000000297. The molecule has 0 spiro atoms. The van der Waals surface area contributed by atoms with E-state index in [1.165, 1.54) is 0 Å². The predicted molar refractivity (Wildman–Crippen MR) is 144 cm³/mol. The van der Waals surface area contributed by atoms with Crippen molar-refractivity contribution in [2.45, 2.75) is 61.8 Å². The van der Waals surface area contributed by atoms with Gasteiger partial charge in [0.15, 0.2) is 5.78 Å². The number of para-hydroxylation sites is 2. The first-order valence-electron chi connectivity index (χ1n) is 12.0. The Bertz CT molecular complexity index is 1260. The van der Waals surface area contributed by atoms with Crippen molar-refractivity contribution in [2.24, 2.45) is 14.1 Å². The molecule has 4 aromatic rings. The smallest absolute Gasteiger partial charge is 0.164 e. The van der Waals surface area contributed by atoms with E-state index >= 15 is 0 Å². The van der Waals surface area contributed by atoms with E-state index in [9.17, 15) is 9.90 Å². The number of rotatable bonds is 3. The SMILES string of the molecule is C/C=C(\O)c1cccc2c1nc(C)n2C.CC.CC.CCC(=O)c1cccc2c1nc(C)n2C. The number of allylic oxidation sites excluding steroid dienone is 1. The van der Waals surface area contributed by atoms with Gasteiger partial charge in [-0.15, -0.1) is 0 Å². The van der Waals surface area contributed by atoms with Crippen LogP contribution >= 0.6 is 0 Å². The summed E-state index contributed by atoms with van der Waals surface area (Å²) in [5.41, 5.74) is 5.26. The summed E-state index contributed by atoms with van der Waals surface area (Å²) in [4.78, 5) is 20.6. The summed E-state index contributed by atoms with van der Waals surface area (Å²) in [6, 6.07) is 11.6. The average molecular weight is 465 g/mol. The molecule has 0 saturated carbocycles. The van der Waals surface area contributed by atoms with Gasteiger partial charge in [0.2, 0.25) is 0 Å². The predicted octanol–water partition coefficient (Wildman–Crippen LogP) is 7.33. The van der Waals surface area contributed by atoms with Crippen molar-refractivity contribution in [3.8, 4) is 0 Å². The highest BCUT2D eigenvalue weighted by atomic mass is 16.3. The number of aryl methyl sites for hydroxylation is 4. The maximum Gasteiger partial charge on any atom is 0.164 e. The van der Waals surface area contributed by atoms with Crippen LogP contribution in [0, 0.1) is 13.8 Å². The lowest BCUT2D eigenvalue weighted by molar-refractivity contribution is 0.0989. The number of ketones is 1. The lowest BCUT2D eigenvalue weighted by Crippen LogP contribution is -1.97. The number of imidazole rings is 2. The van der Waals surface area contributed by atoms with E-state index < -0.39 is 0 Å². The third kappa shape index (κ3) is 5.93. The van der Waals surface area contributed by atoms with Crippen LogP contribution in [-0.4, -0.2) is 30.0 Å². The zero-order valence-electron chi connectivity index (χ0n) is 22.4. The number of carbonyl (C=O) groups excluding carboxylic acids is 1. The molecule has 0 aliphatic heterocycles. The molecule has 0 bridgehead atoms. The normalized spacial score (nSPS) is 10.6. The Hall–Kier alpha value is -3.41. The quantitative estimate of drug-likeness (QED) is 0.254. The molecule has 0 radical (unpaired) electrons. The number of aliphatic hydroxyl groups excluding tert-OH is 1. The van der Waals surface area contributed by atoms with Gasteiger partial charge in [-0.1, -0.05) is 46.8 Å². The molecular formula is C28H40N4O2. The Morgan fingerprint density at radius 3 is 1.68 bits per heavy atom. The van der Waals surface area contributed by atoms with Crippen LogP contribution in [0.5, 0.6) is 0 Å². The molecule has 2 aromatic carbocycles. The van der Waals surface area contributed by atoms with Gasteiger partial charge in [0.05, 0.1) is 22.1 Å². The lowest BCUT2D eigenvalue weighted by atomic mass is 10.1. The molecule has 0 amide bonds. The highest BCUT2D eigenvalue weighted by molar-refractivity contribution is 6.06. The molecule has 0 unspecified atom stereocenters. The number of Topliss-reactive ketones (excluding diaryl/α,β-unsaturated/α-hetero) is 1. The zero-order chi connectivity index (χ0) is 26.0. The highest BCUT2D eigenvalue weighted by Crippen LogP contribution is 2.23. The van der Waals surface area contributed by atoms with E-state index in [1.54, 1.807) is 6.08 Å². The van der Waals surface area contributed by atoms with Crippen LogP contribution in [0.4, 0.5) is 0 Å². The van der Waals surface area contributed by atoms with E-state index in [1.807, 2.05) is 115 Å². The summed E-state index contributed by atoms with van der Waals surface area (Å²) in [6.45, 7) is 15.6. The van der Waals surface area contributed by atoms with Crippen LogP contribution in [0.3, 0.4) is 0 Å². The first-order valence-corrected chi connectivity index (χ1v) is 12.0. The topological polar surface area (TPSA) is 72.9 Å². The summed E-state index contributed by atoms with van der Waals surface area (Å²) in [5.74, 6) is 2.31. The third-order valence-electron chi connectivity index (χ3n) is 5.44. The molecule has 184 valence electrons. The summed E-state index contributed by atoms with van der Waals surface area (Å²) in [5, 5.41) is 9.74. The molecule has 1 N–H and O–H groups in total. The first kappa shape index (κ1) is 28.6. The van der Waals surface area contributed by atoms with Gasteiger partial charge in [-0.05, 0) is 51.1 Å². The second-order valence-corrected chi connectivity index (χ2v) is 7.23. The van der Waals surface area contributed by atoms with E-state index in [0.29, 0.717) is 6.42 Å². The van der Waals surface area contributed by atoms with Gasteiger partial charge in [-0.3, -0.25) is 4.79 Å². The second-order valence-electron chi connectivity index (χ2n) is 7.23. The van der Waals surface area contributed by atoms with Gasteiger partial charge < -0.3 is 14.2 Å². The van der Waals surface area contributed by atoms with Crippen molar-refractivity contribution in [1.82, 2.24) is 19.1 Å². The number of aliphatic hydroxyl groups is 1. The number of carbonyl (C=O) groups is 1. The lowest BCUT2D eigenvalue weighted by Gasteiger charge is -2.01. The zero-order valence-corrected chi connectivity index (χ0v) is 22.4. The van der Waals surface area contributed by atoms with Crippen LogP contribution in [0.1, 0.15) is 75.5 Å². The summed E-state index contributed by atoms with van der Waals surface area (Å²) in [6.07, 6.45) is 2.20. The van der Waals surface area contributed by atoms with E-state index in [0.717, 1.165) is 44.8 Å². The molecule has 4 rings (SSSR count). The van der Waals surface area contributed by atoms with Crippen molar-refractivity contribution in [2.75, 3.05) is 0 Å². The Morgan fingerprint density at radius 2 is 1.26 bits per heavy atom. The van der Waals surface area contributed by atoms with Gasteiger partial charge >= 0.3 is 0 Å². The fraction of sp³-hybridized carbons (Fsp3) is 0.393. The molecule has 0 fully saturated rings. The Labute approximate surface area is 204 Å². The molecule has 6 heteroatoms. The van der Waals surface area contributed by atoms with Crippen molar-refractivity contribution in [1.29, 1.82) is 0 Å². The fourth-order valence-electron chi connectivity index (χ4n) is 3.44. The average Bonchev–Trinajstić information content (AvgIpc) is 3.35. The minimum absolute atomic E-state index is 0.152. The largest absolute Gasteiger partial charge is 0.508 e. The molecular weight excluding hydrogens is 424 g/mol. The molecule has 0 aliphatic carbocycles. The molecule has 0 atom stereocenters. The Morgan fingerprint density at radius 1 is 0.853 bits per heavy atom. The van der Waals surface area contributed by atoms with Crippen molar-refractivity contribution >= 4 is 33.6 Å². The summed E-state index contributed by atoms with van der Waals surface area (Å²) in [7, 11) is 3.94. The summed E-state index contributed by atoms with van der Waals surface area (Å²) >= 11 is 0. The first-order chi connectivity index (χ1) is 16.3. The summed E-state index contributed by atoms with van der Waals surface area (Å²) < 4.78 is 4.02. The highest BCUT2D eigenvalue weighted by Gasteiger charge is 2.12. The molecule has 34 heavy (non-hydrogen) atoms. The van der Waals surface area contributed by atoms with Gasteiger partial charge in [0.1, 0.15) is 17.4 Å². The van der Waals surface area contributed by atoms with Crippen LogP contribution in [0.25, 0.3) is 27.8 Å². The van der Waals surface area contributed by atoms with Gasteiger partial charge in [0.25, 0.3) is 0 Å². The number of benzene rings is 2. The van der Waals surface area contributed by atoms with Gasteiger partial charge in [0, 0.05) is 31.6 Å². The number of fused-ring (bicyclic) bond motifs is 2. The maximum atomic E-state index is 11.7. The number of hydrogen-bond acceptors (Lipinski definition) is 4. The monoisotopic (exact) mass is 464 g/mol. The second kappa shape index (κ2) is 13.3. The minimum Gasteiger partial charge on any atom is -0.508 e. The molecule has 6 nitrogen and oxygen atoms in total.